The Morgan fingerprint density at radius 3 is 2.94 bits per heavy atom. The van der Waals surface area contributed by atoms with E-state index in [9.17, 15) is 0 Å². The maximum atomic E-state index is 6.05. The van der Waals surface area contributed by atoms with Gasteiger partial charge < -0.3 is 10.5 Å². The van der Waals surface area contributed by atoms with Crippen molar-refractivity contribution in [1.82, 2.24) is 4.98 Å². The monoisotopic (exact) mass is 214 g/mol. The lowest BCUT2D eigenvalue weighted by atomic mass is 9.99. The number of ether oxygens (including phenoxy) is 1. The number of hydrogen-bond donors (Lipinski definition) is 1. The first-order chi connectivity index (χ1) is 7.86. The van der Waals surface area contributed by atoms with Crippen LogP contribution in [0.1, 0.15) is 18.1 Å². The van der Waals surface area contributed by atoms with E-state index in [0.717, 1.165) is 24.0 Å². The van der Waals surface area contributed by atoms with Crippen molar-refractivity contribution in [3.8, 4) is 0 Å². The van der Waals surface area contributed by atoms with Gasteiger partial charge in [0.05, 0.1) is 6.10 Å². The topological polar surface area (TPSA) is 48.1 Å². The predicted octanol–water partition coefficient (Wildman–Crippen LogP) is 2.02. The number of rotatable bonds is 1. The molecule has 2 unspecified atom stereocenters. The lowest BCUT2D eigenvalue weighted by Gasteiger charge is -2.16. The van der Waals surface area contributed by atoms with Crippen molar-refractivity contribution in [2.45, 2.75) is 18.6 Å². The van der Waals surface area contributed by atoms with Gasteiger partial charge in [-0.1, -0.05) is 24.3 Å². The van der Waals surface area contributed by atoms with Crippen molar-refractivity contribution < 1.29 is 4.74 Å². The highest BCUT2D eigenvalue weighted by atomic mass is 16.5. The summed E-state index contributed by atoms with van der Waals surface area (Å²) in [4.78, 5) is 4.26. The van der Waals surface area contributed by atoms with Gasteiger partial charge in [-0.2, -0.15) is 0 Å². The molecule has 0 amide bonds. The molecule has 2 aromatic rings. The average Bonchev–Trinajstić information content (AvgIpc) is 2.75. The fourth-order valence-corrected chi connectivity index (χ4v) is 2.29. The van der Waals surface area contributed by atoms with Crippen molar-refractivity contribution in [3.63, 3.8) is 0 Å². The summed E-state index contributed by atoms with van der Waals surface area (Å²) in [5.74, 6) is 0. The Kier molecular flexibility index (Phi) is 2.35. The van der Waals surface area contributed by atoms with Crippen molar-refractivity contribution in [1.29, 1.82) is 0 Å². The Morgan fingerprint density at radius 1 is 1.25 bits per heavy atom. The molecule has 2 N–H and O–H groups in total. The molecule has 1 aliphatic heterocycles. The third-order valence-corrected chi connectivity index (χ3v) is 3.14. The molecule has 1 saturated heterocycles. The zero-order chi connectivity index (χ0) is 11.0. The number of hydrogen-bond acceptors (Lipinski definition) is 3. The molecular weight excluding hydrogens is 200 g/mol. The number of aromatic nitrogens is 1. The molecular formula is C13H14N2O. The third kappa shape index (κ3) is 1.49. The first kappa shape index (κ1) is 9.75. The van der Waals surface area contributed by atoms with E-state index in [0.29, 0.717) is 0 Å². The molecule has 1 aliphatic rings. The molecule has 16 heavy (non-hydrogen) atoms. The summed E-state index contributed by atoms with van der Waals surface area (Å²) in [6.45, 7) is 0.745. The summed E-state index contributed by atoms with van der Waals surface area (Å²) in [5.41, 5.74) is 7.16. The quantitative estimate of drug-likeness (QED) is 0.790. The summed E-state index contributed by atoms with van der Waals surface area (Å²) < 4.78 is 5.69. The fraction of sp³-hybridized carbons (Fsp3) is 0.308. The Labute approximate surface area is 94.2 Å². The second-order valence-corrected chi connectivity index (χ2v) is 4.19. The van der Waals surface area contributed by atoms with Crippen molar-refractivity contribution in [2.75, 3.05) is 6.61 Å². The van der Waals surface area contributed by atoms with Gasteiger partial charge in [0, 0.05) is 36.0 Å². The molecule has 1 aromatic carbocycles. The largest absolute Gasteiger partial charge is 0.372 e. The summed E-state index contributed by atoms with van der Waals surface area (Å²) in [6.07, 6.45) is 4.67. The zero-order valence-electron chi connectivity index (χ0n) is 8.97. The molecule has 0 spiro atoms. The molecule has 0 bridgehead atoms. The van der Waals surface area contributed by atoms with Gasteiger partial charge in [0.15, 0.2) is 0 Å². The second-order valence-electron chi connectivity index (χ2n) is 4.19. The highest BCUT2D eigenvalue weighted by Crippen LogP contribution is 2.31. The van der Waals surface area contributed by atoms with Crippen LogP contribution in [0.3, 0.4) is 0 Å². The van der Waals surface area contributed by atoms with Crippen LogP contribution in [0, 0.1) is 0 Å². The smallest absolute Gasteiger partial charge is 0.0997 e. The Morgan fingerprint density at radius 2 is 2.12 bits per heavy atom. The third-order valence-electron chi connectivity index (χ3n) is 3.14. The van der Waals surface area contributed by atoms with Crippen LogP contribution in [0.5, 0.6) is 0 Å². The lowest BCUT2D eigenvalue weighted by Crippen LogP contribution is -2.23. The number of benzene rings is 1. The predicted molar refractivity (Wildman–Crippen MR) is 63.0 cm³/mol. The first-order valence-electron chi connectivity index (χ1n) is 5.56. The molecule has 2 heterocycles. The van der Waals surface area contributed by atoms with Crippen LogP contribution in [0.15, 0.2) is 36.7 Å². The summed E-state index contributed by atoms with van der Waals surface area (Å²) in [6, 6.07) is 8.30. The Bertz CT molecular complexity index is 507. The van der Waals surface area contributed by atoms with E-state index in [1.807, 2.05) is 24.5 Å². The summed E-state index contributed by atoms with van der Waals surface area (Å²) in [5, 5.41) is 2.34. The SMILES string of the molecule is NC1CCOC1c1cncc2ccccc12. The van der Waals surface area contributed by atoms with Gasteiger partial charge in [0.2, 0.25) is 0 Å². The van der Waals surface area contributed by atoms with Gasteiger partial charge in [-0.3, -0.25) is 4.98 Å². The number of pyridine rings is 1. The van der Waals surface area contributed by atoms with Crippen molar-refractivity contribution in [3.05, 3.63) is 42.2 Å². The molecule has 3 heteroatoms. The molecule has 2 atom stereocenters. The van der Waals surface area contributed by atoms with Crippen LogP contribution in [-0.4, -0.2) is 17.6 Å². The van der Waals surface area contributed by atoms with Gasteiger partial charge in [-0.05, 0) is 11.8 Å². The molecule has 3 rings (SSSR count). The zero-order valence-corrected chi connectivity index (χ0v) is 8.97. The van der Waals surface area contributed by atoms with Crippen LogP contribution in [0.4, 0.5) is 0 Å². The van der Waals surface area contributed by atoms with E-state index < -0.39 is 0 Å². The lowest BCUT2D eigenvalue weighted by molar-refractivity contribution is 0.106. The normalized spacial score (nSPS) is 25.1. The molecule has 0 aliphatic carbocycles. The minimum Gasteiger partial charge on any atom is -0.372 e. The van der Waals surface area contributed by atoms with Gasteiger partial charge >= 0.3 is 0 Å². The van der Waals surface area contributed by atoms with Gasteiger partial charge in [-0.15, -0.1) is 0 Å². The fourth-order valence-electron chi connectivity index (χ4n) is 2.29. The van der Waals surface area contributed by atoms with E-state index in [2.05, 4.69) is 17.1 Å². The van der Waals surface area contributed by atoms with Crippen LogP contribution in [0.25, 0.3) is 10.8 Å². The number of nitrogens with zero attached hydrogens (tertiary/aromatic N) is 1. The molecule has 82 valence electrons. The maximum Gasteiger partial charge on any atom is 0.0997 e. The van der Waals surface area contributed by atoms with Crippen LogP contribution in [0.2, 0.25) is 0 Å². The average molecular weight is 214 g/mol. The first-order valence-corrected chi connectivity index (χ1v) is 5.56. The maximum absolute atomic E-state index is 6.05. The highest BCUT2D eigenvalue weighted by molar-refractivity contribution is 5.85. The summed E-state index contributed by atoms with van der Waals surface area (Å²) in [7, 11) is 0. The minimum atomic E-state index is -0.00130. The van der Waals surface area contributed by atoms with Gasteiger partial charge in [0.1, 0.15) is 0 Å². The van der Waals surface area contributed by atoms with E-state index in [1.165, 1.54) is 5.39 Å². The number of fused-ring (bicyclic) bond motifs is 1. The summed E-state index contributed by atoms with van der Waals surface area (Å²) >= 11 is 0. The standard InChI is InChI=1S/C13H14N2O/c14-12-5-6-16-13(12)11-8-15-7-9-3-1-2-4-10(9)11/h1-4,7-8,12-13H,5-6,14H2. The molecule has 0 saturated carbocycles. The van der Waals surface area contributed by atoms with E-state index in [4.69, 9.17) is 10.5 Å². The second kappa shape index (κ2) is 3.85. The molecule has 1 fully saturated rings. The Balaban J connectivity index is 2.16. The van der Waals surface area contributed by atoms with E-state index >= 15 is 0 Å². The van der Waals surface area contributed by atoms with Crippen LogP contribution in [-0.2, 0) is 4.74 Å². The minimum absolute atomic E-state index is 0.00130. The van der Waals surface area contributed by atoms with Crippen LogP contribution >= 0.6 is 0 Å². The van der Waals surface area contributed by atoms with Crippen molar-refractivity contribution >= 4 is 10.8 Å². The number of nitrogens with two attached hydrogens (primary N) is 1. The molecule has 3 nitrogen and oxygen atoms in total. The highest BCUT2D eigenvalue weighted by Gasteiger charge is 2.27. The van der Waals surface area contributed by atoms with E-state index in [-0.39, 0.29) is 12.1 Å². The Hall–Kier alpha value is -1.45. The van der Waals surface area contributed by atoms with Gasteiger partial charge in [0.25, 0.3) is 0 Å². The van der Waals surface area contributed by atoms with Crippen LogP contribution < -0.4 is 5.73 Å². The molecule has 1 aromatic heterocycles. The van der Waals surface area contributed by atoms with Gasteiger partial charge in [-0.25, -0.2) is 0 Å². The van der Waals surface area contributed by atoms with E-state index in [1.54, 1.807) is 0 Å². The molecule has 0 radical (unpaired) electrons. The van der Waals surface area contributed by atoms with Crippen molar-refractivity contribution in [2.24, 2.45) is 5.73 Å².